The van der Waals surface area contributed by atoms with Crippen LogP contribution >= 0.6 is 15.9 Å². The molecule has 1 aliphatic carbocycles. The molecule has 5 nitrogen and oxygen atoms in total. The van der Waals surface area contributed by atoms with Crippen LogP contribution in [-0.4, -0.2) is 36.4 Å². The van der Waals surface area contributed by atoms with E-state index in [4.69, 9.17) is 4.74 Å². The van der Waals surface area contributed by atoms with E-state index in [9.17, 15) is 9.59 Å². The molecule has 1 N–H and O–H groups in total. The number of carbonyl (C=O) groups excluding carboxylic acids is 2. The number of carbonyl (C=O) groups is 2. The Kier molecular flexibility index (Phi) is 8.52. The van der Waals surface area contributed by atoms with Gasteiger partial charge in [-0.3, -0.25) is 9.59 Å². The summed E-state index contributed by atoms with van der Waals surface area (Å²) >= 11 is 3.49. The summed E-state index contributed by atoms with van der Waals surface area (Å²) in [6.45, 7) is 2.76. The molecule has 1 aliphatic rings. The predicted octanol–water partition coefficient (Wildman–Crippen LogP) is 6.29. The van der Waals surface area contributed by atoms with Gasteiger partial charge in [0.25, 0.3) is 11.8 Å². The largest absolute Gasteiger partial charge is 0.492 e. The fraction of sp³-hybridized carbons (Fsp3) is 0.440. The Morgan fingerprint density at radius 3 is 2.58 bits per heavy atom. The Hall–Kier alpha value is -2.34. The van der Waals surface area contributed by atoms with Crippen molar-refractivity contribution in [3.8, 4) is 5.75 Å². The second kappa shape index (κ2) is 11.3. The van der Waals surface area contributed by atoms with E-state index < -0.39 is 0 Å². The predicted molar refractivity (Wildman–Crippen MR) is 128 cm³/mol. The van der Waals surface area contributed by atoms with Crippen LogP contribution in [0, 0.1) is 0 Å². The fourth-order valence-electron chi connectivity index (χ4n) is 3.88. The molecule has 2 amide bonds. The van der Waals surface area contributed by atoms with E-state index in [0.29, 0.717) is 23.4 Å². The van der Waals surface area contributed by atoms with Crippen molar-refractivity contribution in [3.05, 3.63) is 58.1 Å². The van der Waals surface area contributed by atoms with E-state index in [2.05, 4.69) is 28.2 Å². The Bertz CT molecular complexity index is 909. The number of nitrogens with one attached hydrogen (secondary N) is 1. The summed E-state index contributed by atoms with van der Waals surface area (Å²) in [5.41, 5.74) is 1.54. The molecule has 1 saturated carbocycles. The molecule has 0 radical (unpaired) electrons. The topological polar surface area (TPSA) is 58.6 Å². The molecule has 0 atom stereocenters. The van der Waals surface area contributed by atoms with Crippen LogP contribution < -0.4 is 10.1 Å². The molecule has 3 rings (SSSR count). The molecule has 0 aromatic heterocycles. The number of unbranched alkanes of at least 4 members (excludes halogenated alkanes) is 1. The van der Waals surface area contributed by atoms with Crippen LogP contribution in [0.15, 0.2) is 46.9 Å². The van der Waals surface area contributed by atoms with Crippen LogP contribution in [0.4, 0.5) is 5.69 Å². The van der Waals surface area contributed by atoms with Gasteiger partial charge in [0.05, 0.1) is 22.3 Å². The minimum absolute atomic E-state index is 0.0522. The number of benzene rings is 2. The zero-order valence-electron chi connectivity index (χ0n) is 18.3. The summed E-state index contributed by atoms with van der Waals surface area (Å²) in [6, 6.07) is 12.7. The first kappa shape index (κ1) is 23.3. The van der Waals surface area contributed by atoms with Crippen molar-refractivity contribution < 1.29 is 14.3 Å². The number of ether oxygens (including phenoxy) is 1. The molecule has 0 bridgehead atoms. The molecule has 0 saturated heterocycles. The summed E-state index contributed by atoms with van der Waals surface area (Å²) < 4.78 is 6.47. The molecule has 166 valence electrons. The summed E-state index contributed by atoms with van der Waals surface area (Å²) in [5, 5.41) is 2.92. The Morgan fingerprint density at radius 2 is 1.87 bits per heavy atom. The second-order valence-corrected chi connectivity index (χ2v) is 8.91. The van der Waals surface area contributed by atoms with Gasteiger partial charge in [0.2, 0.25) is 0 Å². The van der Waals surface area contributed by atoms with E-state index in [1.807, 2.05) is 24.1 Å². The van der Waals surface area contributed by atoms with Crippen LogP contribution in [0.2, 0.25) is 0 Å². The van der Waals surface area contributed by atoms with Crippen molar-refractivity contribution in [2.75, 3.05) is 19.0 Å². The summed E-state index contributed by atoms with van der Waals surface area (Å²) in [7, 11) is 1.87. The van der Waals surface area contributed by atoms with Crippen LogP contribution in [0.1, 0.15) is 72.6 Å². The van der Waals surface area contributed by atoms with Gasteiger partial charge in [-0.25, -0.2) is 0 Å². The monoisotopic (exact) mass is 486 g/mol. The molecule has 2 aromatic carbocycles. The zero-order valence-corrected chi connectivity index (χ0v) is 19.9. The SMILES string of the molecule is CCCCOc1ccc(C(=O)Nc2ccccc2C(=O)N(C)C2CCCCC2)cc1Br. The molecule has 0 unspecified atom stereocenters. The van der Waals surface area contributed by atoms with Crippen LogP contribution in [0.3, 0.4) is 0 Å². The number of anilines is 1. The molecule has 0 aliphatic heterocycles. The Labute approximate surface area is 193 Å². The third kappa shape index (κ3) is 6.10. The maximum absolute atomic E-state index is 13.2. The van der Waals surface area contributed by atoms with Gasteiger partial charge in [0.1, 0.15) is 5.75 Å². The van der Waals surface area contributed by atoms with Gasteiger partial charge in [-0.15, -0.1) is 0 Å². The zero-order chi connectivity index (χ0) is 22.2. The van der Waals surface area contributed by atoms with Gasteiger partial charge in [0.15, 0.2) is 0 Å². The van der Waals surface area contributed by atoms with E-state index in [1.165, 1.54) is 6.42 Å². The molecule has 1 fully saturated rings. The van der Waals surface area contributed by atoms with Gasteiger partial charge in [0, 0.05) is 18.7 Å². The van der Waals surface area contributed by atoms with Crippen molar-refractivity contribution in [3.63, 3.8) is 0 Å². The lowest BCUT2D eigenvalue weighted by Crippen LogP contribution is -2.38. The standard InChI is InChI=1S/C25H31BrN2O3/c1-3-4-16-31-23-15-14-18(17-21(23)26)24(29)27-22-13-9-8-12-20(22)25(30)28(2)19-10-6-5-7-11-19/h8-9,12-15,17,19H,3-7,10-11,16H2,1-2H3,(H,27,29). The van der Waals surface area contributed by atoms with E-state index >= 15 is 0 Å². The van der Waals surface area contributed by atoms with Crippen molar-refractivity contribution in [2.45, 2.75) is 57.9 Å². The van der Waals surface area contributed by atoms with Gasteiger partial charge < -0.3 is 15.0 Å². The highest BCUT2D eigenvalue weighted by Crippen LogP contribution is 2.28. The van der Waals surface area contributed by atoms with Crippen molar-refractivity contribution in [1.29, 1.82) is 0 Å². The third-order valence-electron chi connectivity index (χ3n) is 5.80. The van der Waals surface area contributed by atoms with Gasteiger partial charge in [-0.2, -0.15) is 0 Å². The van der Waals surface area contributed by atoms with Crippen LogP contribution in [0.25, 0.3) is 0 Å². The van der Waals surface area contributed by atoms with Crippen LogP contribution in [0.5, 0.6) is 5.75 Å². The van der Waals surface area contributed by atoms with Crippen LogP contribution in [-0.2, 0) is 0 Å². The molecule has 0 spiro atoms. The second-order valence-electron chi connectivity index (χ2n) is 8.05. The van der Waals surface area contributed by atoms with Crippen molar-refractivity contribution >= 4 is 33.4 Å². The quantitative estimate of drug-likeness (QED) is 0.446. The first-order chi connectivity index (χ1) is 15.0. The maximum atomic E-state index is 13.2. The molecular weight excluding hydrogens is 456 g/mol. The first-order valence-corrected chi connectivity index (χ1v) is 11.9. The lowest BCUT2D eigenvalue weighted by atomic mass is 9.94. The Balaban J connectivity index is 1.72. The minimum Gasteiger partial charge on any atom is -0.492 e. The number of para-hydroxylation sites is 1. The lowest BCUT2D eigenvalue weighted by Gasteiger charge is -2.31. The fourth-order valence-corrected chi connectivity index (χ4v) is 4.38. The molecule has 2 aromatic rings. The average Bonchev–Trinajstić information content (AvgIpc) is 2.80. The van der Waals surface area contributed by atoms with Crippen molar-refractivity contribution in [2.24, 2.45) is 0 Å². The number of rotatable bonds is 8. The van der Waals surface area contributed by atoms with E-state index in [1.54, 1.807) is 30.3 Å². The number of amides is 2. The lowest BCUT2D eigenvalue weighted by molar-refractivity contribution is 0.0697. The maximum Gasteiger partial charge on any atom is 0.255 e. The molecular formula is C25H31BrN2O3. The summed E-state index contributed by atoms with van der Waals surface area (Å²) in [6.07, 6.45) is 7.68. The highest BCUT2D eigenvalue weighted by Gasteiger charge is 2.25. The minimum atomic E-state index is -0.263. The Morgan fingerprint density at radius 1 is 1.13 bits per heavy atom. The van der Waals surface area contributed by atoms with E-state index in [0.717, 1.165) is 48.7 Å². The van der Waals surface area contributed by atoms with E-state index in [-0.39, 0.29) is 17.9 Å². The van der Waals surface area contributed by atoms with Gasteiger partial charge >= 0.3 is 0 Å². The third-order valence-corrected chi connectivity index (χ3v) is 6.42. The van der Waals surface area contributed by atoms with Gasteiger partial charge in [-0.05, 0) is 65.5 Å². The number of halogens is 1. The summed E-state index contributed by atoms with van der Waals surface area (Å²) in [4.78, 5) is 27.9. The summed E-state index contributed by atoms with van der Waals surface area (Å²) in [5.74, 6) is 0.403. The number of hydrogen-bond acceptors (Lipinski definition) is 3. The normalized spacial score (nSPS) is 14.2. The number of hydrogen-bond donors (Lipinski definition) is 1. The molecule has 31 heavy (non-hydrogen) atoms. The van der Waals surface area contributed by atoms with Crippen molar-refractivity contribution in [1.82, 2.24) is 4.90 Å². The average molecular weight is 487 g/mol. The number of nitrogens with zero attached hydrogens (tertiary/aromatic N) is 1. The molecule has 6 heteroatoms. The molecule has 0 heterocycles. The highest BCUT2D eigenvalue weighted by molar-refractivity contribution is 9.10. The smallest absolute Gasteiger partial charge is 0.255 e. The highest BCUT2D eigenvalue weighted by atomic mass is 79.9. The van der Waals surface area contributed by atoms with Gasteiger partial charge in [-0.1, -0.05) is 44.7 Å². The first-order valence-electron chi connectivity index (χ1n) is 11.1.